The Bertz CT molecular complexity index is 357. The summed E-state index contributed by atoms with van der Waals surface area (Å²) in [6, 6.07) is 7.63. The van der Waals surface area contributed by atoms with Gasteiger partial charge in [0.2, 0.25) is 0 Å². The van der Waals surface area contributed by atoms with Gasteiger partial charge in [0.25, 0.3) is 0 Å². The summed E-state index contributed by atoms with van der Waals surface area (Å²) in [5, 5.41) is 0. The van der Waals surface area contributed by atoms with Crippen LogP contribution in [0.15, 0.2) is 24.3 Å². The van der Waals surface area contributed by atoms with Crippen LogP contribution in [0.4, 0.5) is 4.79 Å². The summed E-state index contributed by atoms with van der Waals surface area (Å²) in [6.07, 6.45) is 5.89. The number of hydrogen-bond donors (Lipinski definition) is 0. The number of hydrogen-bond acceptors (Lipinski definition) is 3. The number of aryl methyl sites for hydroxylation is 1. The Morgan fingerprint density at radius 1 is 1.00 bits per heavy atom. The molecular weight excluding hydrogens is 240 g/mol. The van der Waals surface area contributed by atoms with Gasteiger partial charge in [-0.25, -0.2) is 4.79 Å². The van der Waals surface area contributed by atoms with Crippen LogP contribution in [0.5, 0.6) is 5.75 Å². The molecule has 0 aliphatic rings. The Morgan fingerprint density at radius 2 is 1.68 bits per heavy atom. The predicted octanol–water partition coefficient (Wildman–Crippen LogP) is 4.73. The molecule has 0 heterocycles. The van der Waals surface area contributed by atoms with E-state index >= 15 is 0 Å². The first-order valence-corrected chi connectivity index (χ1v) is 7.19. The van der Waals surface area contributed by atoms with E-state index in [1.54, 1.807) is 0 Å². The van der Waals surface area contributed by atoms with Gasteiger partial charge in [-0.05, 0) is 37.0 Å². The fraction of sp³-hybridized carbons (Fsp3) is 0.562. The van der Waals surface area contributed by atoms with Crippen molar-refractivity contribution >= 4 is 6.16 Å². The van der Waals surface area contributed by atoms with Crippen LogP contribution in [0.1, 0.15) is 51.5 Å². The molecule has 1 aromatic carbocycles. The van der Waals surface area contributed by atoms with Crippen molar-refractivity contribution in [3.63, 3.8) is 0 Å². The van der Waals surface area contributed by atoms with Crippen molar-refractivity contribution in [3.05, 3.63) is 29.8 Å². The van der Waals surface area contributed by atoms with Crippen molar-refractivity contribution in [2.75, 3.05) is 6.61 Å². The first kappa shape index (κ1) is 15.5. The van der Waals surface area contributed by atoms with Crippen LogP contribution in [0.25, 0.3) is 0 Å². The number of carbonyl (C=O) groups excluding carboxylic acids is 1. The zero-order chi connectivity index (χ0) is 13.9. The zero-order valence-corrected chi connectivity index (χ0v) is 12.0. The smallest absolute Gasteiger partial charge is 0.434 e. The fourth-order valence-corrected chi connectivity index (χ4v) is 1.74. The Morgan fingerprint density at radius 3 is 2.32 bits per heavy atom. The zero-order valence-electron chi connectivity index (χ0n) is 12.0. The molecule has 0 atom stereocenters. The standard InChI is InChI=1S/C16H24O3/c1-3-5-7-13-18-16(17)19-15-11-9-14(10-12-15)8-6-4-2/h9-12H,3-8,13H2,1-2H3. The van der Waals surface area contributed by atoms with Gasteiger partial charge in [0.1, 0.15) is 5.75 Å². The van der Waals surface area contributed by atoms with Crippen molar-refractivity contribution in [2.45, 2.75) is 52.4 Å². The van der Waals surface area contributed by atoms with Crippen molar-refractivity contribution in [2.24, 2.45) is 0 Å². The summed E-state index contributed by atoms with van der Waals surface area (Å²) in [5.74, 6) is 0.542. The van der Waals surface area contributed by atoms with Crippen molar-refractivity contribution in [1.82, 2.24) is 0 Å². The Hall–Kier alpha value is -1.51. The molecule has 0 saturated heterocycles. The second-order valence-corrected chi connectivity index (χ2v) is 4.66. The molecule has 106 valence electrons. The van der Waals surface area contributed by atoms with E-state index in [2.05, 4.69) is 13.8 Å². The number of carbonyl (C=O) groups is 1. The van der Waals surface area contributed by atoms with Gasteiger partial charge in [-0.2, -0.15) is 0 Å². The van der Waals surface area contributed by atoms with Gasteiger partial charge in [-0.15, -0.1) is 0 Å². The van der Waals surface area contributed by atoms with Crippen LogP contribution in [0, 0.1) is 0 Å². The highest BCUT2D eigenvalue weighted by Crippen LogP contribution is 2.14. The van der Waals surface area contributed by atoms with Gasteiger partial charge >= 0.3 is 6.16 Å². The lowest BCUT2D eigenvalue weighted by atomic mass is 10.1. The Balaban J connectivity index is 2.29. The third-order valence-electron chi connectivity index (χ3n) is 2.91. The molecule has 0 aliphatic heterocycles. The lowest BCUT2D eigenvalue weighted by Gasteiger charge is -2.06. The average Bonchev–Trinajstić information content (AvgIpc) is 2.43. The van der Waals surface area contributed by atoms with Gasteiger partial charge in [0, 0.05) is 0 Å². The van der Waals surface area contributed by atoms with Crippen LogP contribution >= 0.6 is 0 Å². The molecule has 0 bridgehead atoms. The number of ether oxygens (including phenoxy) is 2. The molecule has 0 amide bonds. The lowest BCUT2D eigenvalue weighted by Crippen LogP contribution is -2.11. The minimum Gasteiger partial charge on any atom is -0.434 e. The molecule has 19 heavy (non-hydrogen) atoms. The van der Waals surface area contributed by atoms with Crippen LogP contribution in [0.2, 0.25) is 0 Å². The molecule has 1 rings (SSSR count). The molecule has 0 unspecified atom stereocenters. The summed E-state index contributed by atoms with van der Waals surface area (Å²) in [7, 11) is 0. The molecule has 0 N–H and O–H groups in total. The maximum atomic E-state index is 11.4. The van der Waals surface area contributed by atoms with Gasteiger partial charge in [-0.3, -0.25) is 0 Å². The third-order valence-corrected chi connectivity index (χ3v) is 2.91. The summed E-state index contributed by atoms with van der Waals surface area (Å²) < 4.78 is 10.1. The monoisotopic (exact) mass is 264 g/mol. The SMILES string of the molecule is CCCCCOC(=O)Oc1ccc(CCCC)cc1. The predicted molar refractivity (Wildman–Crippen MR) is 76.6 cm³/mol. The third kappa shape index (κ3) is 6.85. The normalized spacial score (nSPS) is 10.2. The molecule has 0 radical (unpaired) electrons. The van der Waals surface area contributed by atoms with E-state index in [0.29, 0.717) is 12.4 Å². The van der Waals surface area contributed by atoms with Crippen LogP contribution < -0.4 is 4.74 Å². The van der Waals surface area contributed by atoms with E-state index in [0.717, 1.165) is 25.7 Å². The molecule has 0 fully saturated rings. The quantitative estimate of drug-likeness (QED) is 0.386. The summed E-state index contributed by atoms with van der Waals surface area (Å²) in [4.78, 5) is 11.4. The van der Waals surface area contributed by atoms with E-state index in [1.807, 2.05) is 24.3 Å². The summed E-state index contributed by atoms with van der Waals surface area (Å²) in [6.45, 7) is 4.71. The van der Waals surface area contributed by atoms with Crippen molar-refractivity contribution < 1.29 is 14.3 Å². The van der Waals surface area contributed by atoms with Gasteiger partial charge in [0.15, 0.2) is 0 Å². The number of unbranched alkanes of at least 4 members (excludes halogenated alkanes) is 3. The Kier molecular flexibility index (Phi) is 7.71. The molecule has 0 aliphatic carbocycles. The lowest BCUT2D eigenvalue weighted by molar-refractivity contribution is 0.0974. The number of rotatable bonds is 8. The van der Waals surface area contributed by atoms with E-state index in [1.165, 1.54) is 18.4 Å². The highest BCUT2D eigenvalue weighted by Gasteiger charge is 2.05. The van der Waals surface area contributed by atoms with E-state index < -0.39 is 6.16 Å². The molecule has 0 saturated carbocycles. The molecule has 3 heteroatoms. The molecule has 1 aromatic rings. The molecule has 3 nitrogen and oxygen atoms in total. The second-order valence-electron chi connectivity index (χ2n) is 4.66. The van der Waals surface area contributed by atoms with Crippen LogP contribution in [0.3, 0.4) is 0 Å². The maximum Gasteiger partial charge on any atom is 0.513 e. The largest absolute Gasteiger partial charge is 0.513 e. The first-order valence-electron chi connectivity index (χ1n) is 7.19. The van der Waals surface area contributed by atoms with Crippen LogP contribution in [-0.2, 0) is 11.2 Å². The first-order chi connectivity index (χ1) is 9.26. The fourth-order valence-electron chi connectivity index (χ4n) is 1.74. The maximum absolute atomic E-state index is 11.4. The second kappa shape index (κ2) is 9.42. The van der Waals surface area contributed by atoms with Gasteiger partial charge in [0.05, 0.1) is 6.61 Å². The minimum atomic E-state index is -0.614. The number of benzene rings is 1. The van der Waals surface area contributed by atoms with Crippen molar-refractivity contribution in [1.29, 1.82) is 0 Å². The highest BCUT2D eigenvalue weighted by atomic mass is 16.7. The Labute approximate surface area is 115 Å². The molecule has 0 aromatic heterocycles. The van der Waals surface area contributed by atoms with E-state index in [4.69, 9.17) is 9.47 Å². The minimum absolute atomic E-state index is 0.432. The summed E-state index contributed by atoms with van der Waals surface area (Å²) in [5.41, 5.74) is 1.27. The van der Waals surface area contributed by atoms with Crippen LogP contribution in [-0.4, -0.2) is 12.8 Å². The molecular formula is C16H24O3. The van der Waals surface area contributed by atoms with E-state index in [9.17, 15) is 4.79 Å². The average molecular weight is 264 g/mol. The van der Waals surface area contributed by atoms with Gasteiger partial charge in [-0.1, -0.05) is 45.2 Å². The topological polar surface area (TPSA) is 35.5 Å². The highest BCUT2D eigenvalue weighted by molar-refractivity contribution is 5.63. The van der Waals surface area contributed by atoms with Crippen molar-refractivity contribution in [3.8, 4) is 5.75 Å². The van der Waals surface area contributed by atoms with Gasteiger partial charge < -0.3 is 9.47 Å². The summed E-state index contributed by atoms with van der Waals surface area (Å²) >= 11 is 0. The van der Waals surface area contributed by atoms with E-state index in [-0.39, 0.29) is 0 Å². The molecule has 0 spiro atoms.